The molecule has 0 aromatic carbocycles. The molecule has 0 heterocycles. The number of amides is 1. The molecule has 0 aromatic rings. The summed E-state index contributed by atoms with van der Waals surface area (Å²) < 4.78 is 16.2. The van der Waals surface area contributed by atoms with Gasteiger partial charge in [-0.3, -0.25) is 4.79 Å². The monoisotopic (exact) mass is 289 g/mol. The quantitative estimate of drug-likeness (QED) is 0.546. The number of likely N-dealkylation sites (N-methyl/N-ethyl adjacent to an activating group) is 1. The van der Waals surface area contributed by atoms with Crippen molar-refractivity contribution in [2.75, 3.05) is 53.2 Å². The Labute approximate surface area is 123 Å². The van der Waals surface area contributed by atoms with Crippen molar-refractivity contribution in [2.24, 2.45) is 5.41 Å². The molecule has 0 N–H and O–H groups in total. The first-order chi connectivity index (χ1) is 9.33. The van der Waals surface area contributed by atoms with Gasteiger partial charge >= 0.3 is 0 Å². The minimum atomic E-state index is 0.0530. The molecule has 0 spiro atoms. The summed E-state index contributed by atoms with van der Waals surface area (Å²) in [5.74, 6) is 0.0530. The Hall–Kier alpha value is -0.650. The highest BCUT2D eigenvalue weighted by molar-refractivity contribution is 5.72. The maximum Gasteiger partial charge on any atom is 0.219 e. The maximum absolute atomic E-state index is 10.9. The molecule has 0 fully saturated rings. The number of ether oxygens (including phenoxy) is 3. The van der Waals surface area contributed by atoms with Crippen LogP contribution in [0.4, 0.5) is 0 Å². The Balaban J connectivity index is 3.16. The molecule has 0 radical (unpaired) electrons. The third kappa shape index (κ3) is 13.8. The molecule has 0 atom stereocenters. The summed E-state index contributed by atoms with van der Waals surface area (Å²) in [6, 6.07) is 0. The zero-order valence-electron chi connectivity index (χ0n) is 13.7. The fourth-order valence-corrected chi connectivity index (χ4v) is 1.28. The van der Waals surface area contributed by atoms with E-state index in [1.807, 2.05) is 0 Å². The van der Waals surface area contributed by atoms with Gasteiger partial charge in [0.25, 0.3) is 0 Å². The van der Waals surface area contributed by atoms with E-state index in [1.54, 1.807) is 18.9 Å². The van der Waals surface area contributed by atoms with Crippen molar-refractivity contribution < 1.29 is 19.0 Å². The third-order valence-corrected chi connectivity index (χ3v) is 2.85. The van der Waals surface area contributed by atoms with Crippen LogP contribution in [0.15, 0.2) is 0 Å². The van der Waals surface area contributed by atoms with Gasteiger partial charge < -0.3 is 19.1 Å². The predicted molar refractivity (Wildman–Crippen MR) is 79.8 cm³/mol. The summed E-state index contributed by atoms with van der Waals surface area (Å²) >= 11 is 0. The van der Waals surface area contributed by atoms with Crippen molar-refractivity contribution in [2.45, 2.75) is 34.1 Å². The molecule has 1 amide bonds. The summed E-state index contributed by atoms with van der Waals surface area (Å²) in [5, 5.41) is 0. The third-order valence-electron chi connectivity index (χ3n) is 2.85. The van der Waals surface area contributed by atoms with Gasteiger partial charge in [0.1, 0.15) is 0 Å². The number of carbonyl (C=O) groups is 1. The highest BCUT2D eigenvalue weighted by Crippen LogP contribution is 2.17. The number of rotatable bonds is 11. The van der Waals surface area contributed by atoms with Crippen molar-refractivity contribution >= 4 is 5.91 Å². The lowest BCUT2D eigenvalue weighted by atomic mass is 9.93. The van der Waals surface area contributed by atoms with Crippen LogP contribution in [0.3, 0.4) is 0 Å². The second-order valence-corrected chi connectivity index (χ2v) is 6.09. The fraction of sp³-hybridized carbons (Fsp3) is 0.933. The van der Waals surface area contributed by atoms with Crippen molar-refractivity contribution in [3.05, 3.63) is 0 Å². The number of nitrogens with zero attached hydrogens (tertiary/aromatic N) is 1. The Bertz CT molecular complexity index is 251. The van der Waals surface area contributed by atoms with Crippen molar-refractivity contribution in [3.63, 3.8) is 0 Å². The first-order valence-electron chi connectivity index (χ1n) is 7.28. The highest BCUT2D eigenvalue weighted by Gasteiger charge is 2.08. The maximum atomic E-state index is 10.9. The Kier molecular flexibility index (Phi) is 10.7. The van der Waals surface area contributed by atoms with Gasteiger partial charge in [0.15, 0.2) is 0 Å². The molecule has 0 aromatic heterocycles. The van der Waals surface area contributed by atoms with Gasteiger partial charge in [0.2, 0.25) is 5.91 Å². The number of hydrogen-bond donors (Lipinski definition) is 0. The van der Waals surface area contributed by atoms with Crippen LogP contribution in [0.1, 0.15) is 34.1 Å². The van der Waals surface area contributed by atoms with E-state index >= 15 is 0 Å². The lowest BCUT2D eigenvalue weighted by molar-refractivity contribution is -0.128. The minimum absolute atomic E-state index is 0.0530. The van der Waals surface area contributed by atoms with Crippen molar-refractivity contribution in [3.8, 4) is 0 Å². The van der Waals surface area contributed by atoms with Crippen LogP contribution < -0.4 is 0 Å². The number of hydrogen-bond acceptors (Lipinski definition) is 4. The van der Waals surface area contributed by atoms with E-state index in [1.165, 1.54) is 0 Å². The van der Waals surface area contributed by atoms with E-state index in [4.69, 9.17) is 14.2 Å². The molecule has 0 saturated heterocycles. The summed E-state index contributed by atoms with van der Waals surface area (Å²) in [5.41, 5.74) is 0.321. The SMILES string of the molecule is CC(=O)N(C)CCOCCOCCOCCC(C)(C)C. The van der Waals surface area contributed by atoms with Crippen LogP contribution in [-0.4, -0.2) is 64.0 Å². The standard InChI is InChI=1S/C15H31NO4/c1-14(17)16(5)7-9-19-11-13-20-12-10-18-8-6-15(2,3)4/h6-13H2,1-5H3. The molecular formula is C15H31NO4. The smallest absolute Gasteiger partial charge is 0.219 e. The lowest BCUT2D eigenvalue weighted by Crippen LogP contribution is -2.28. The highest BCUT2D eigenvalue weighted by atomic mass is 16.5. The Morgan fingerprint density at radius 3 is 1.80 bits per heavy atom. The van der Waals surface area contributed by atoms with Crippen molar-refractivity contribution in [1.29, 1.82) is 0 Å². The molecule has 0 rings (SSSR count). The predicted octanol–water partition coefficient (Wildman–Crippen LogP) is 1.95. The fourth-order valence-electron chi connectivity index (χ4n) is 1.28. The van der Waals surface area contributed by atoms with Gasteiger partial charge in [-0.2, -0.15) is 0 Å². The van der Waals surface area contributed by atoms with Crippen LogP contribution in [0, 0.1) is 5.41 Å². The zero-order chi connectivity index (χ0) is 15.4. The van der Waals surface area contributed by atoms with Gasteiger partial charge in [-0.15, -0.1) is 0 Å². The largest absolute Gasteiger partial charge is 0.379 e. The molecule has 5 heteroatoms. The van der Waals surface area contributed by atoms with Crippen LogP contribution in [0.25, 0.3) is 0 Å². The topological polar surface area (TPSA) is 48.0 Å². The summed E-state index contributed by atoms with van der Waals surface area (Å²) in [6.45, 7) is 12.4. The summed E-state index contributed by atoms with van der Waals surface area (Å²) in [6.07, 6.45) is 1.06. The summed E-state index contributed by atoms with van der Waals surface area (Å²) in [7, 11) is 1.76. The van der Waals surface area contributed by atoms with Gasteiger partial charge in [-0.25, -0.2) is 0 Å². The zero-order valence-corrected chi connectivity index (χ0v) is 13.7. The summed E-state index contributed by atoms with van der Waals surface area (Å²) in [4.78, 5) is 12.6. The second kappa shape index (κ2) is 11.1. The average Bonchev–Trinajstić information content (AvgIpc) is 2.34. The molecule has 120 valence electrons. The van der Waals surface area contributed by atoms with Gasteiger partial charge in [-0.05, 0) is 11.8 Å². The molecular weight excluding hydrogens is 258 g/mol. The van der Waals surface area contributed by atoms with E-state index in [0.717, 1.165) is 13.0 Å². The molecule has 20 heavy (non-hydrogen) atoms. The minimum Gasteiger partial charge on any atom is -0.379 e. The molecule has 0 bridgehead atoms. The Morgan fingerprint density at radius 1 is 0.900 bits per heavy atom. The molecule has 5 nitrogen and oxygen atoms in total. The molecule has 0 aliphatic carbocycles. The van der Waals surface area contributed by atoms with Gasteiger partial charge in [0.05, 0.1) is 33.0 Å². The van der Waals surface area contributed by atoms with E-state index in [9.17, 15) is 4.79 Å². The van der Waals surface area contributed by atoms with Crippen LogP contribution in [-0.2, 0) is 19.0 Å². The molecule has 0 saturated carbocycles. The lowest BCUT2D eigenvalue weighted by Gasteiger charge is -2.17. The number of carbonyl (C=O) groups excluding carboxylic acids is 1. The first kappa shape index (κ1) is 19.4. The Morgan fingerprint density at radius 2 is 1.35 bits per heavy atom. The van der Waals surface area contributed by atoms with Gasteiger partial charge in [0, 0.05) is 27.1 Å². The first-order valence-corrected chi connectivity index (χ1v) is 7.28. The van der Waals surface area contributed by atoms with Crippen LogP contribution >= 0.6 is 0 Å². The van der Waals surface area contributed by atoms with Crippen molar-refractivity contribution in [1.82, 2.24) is 4.90 Å². The van der Waals surface area contributed by atoms with Gasteiger partial charge in [-0.1, -0.05) is 20.8 Å². The molecule has 0 unspecified atom stereocenters. The normalized spacial score (nSPS) is 11.7. The van der Waals surface area contributed by atoms with E-state index in [2.05, 4.69) is 20.8 Å². The van der Waals surface area contributed by atoms with Crippen LogP contribution in [0.2, 0.25) is 0 Å². The average molecular weight is 289 g/mol. The van der Waals surface area contributed by atoms with E-state index in [0.29, 0.717) is 45.0 Å². The molecule has 0 aliphatic heterocycles. The van der Waals surface area contributed by atoms with E-state index in [-0.39, 0.29) is 5.91 Å². The van der Waals surface area contributed by atoms with Crippen LogP contribution in [0.5, 0.6) is 0 Å². The molecule has 0 aliphatic rings. The second-order valence-electron chi connectivity index (χ2n) is 6.09. The van der Waals surface area contributed by atoms with E-state index < -0.39 is 0 Å².